The van der Waals surface area contributed by atoms with Crippen LogP contribution in [0.3, 0.4) is 0 Å². The molecule has 3 rings (SSSR count). The molecule has 1 amide bonds. The zero-order valence-corrected chi connectivity index (χ0v) is 11.6. The number of hydrogen-bond acceptors (Lipinski definition) is 1. The van der Waals surface area contributed by atoms with Gasteiger partial charge < -0.3 is 5.32 Å². The van der Waals surface area contributed by atoms with Gasteiger partial charge in [-0.15, -0.1) is 0 Å². The van der Waals surface area contributed by atoms with Crippen molar-refractivity contribution in [1.82, 2.24) is 5.32 Å². The molecule has 0 heterocycles. The van der Waals surface area contributed by atoms with Gasteiger partial charge >= 0.3 is 0 Å². The summed E-state index contributed by atoms with van der Waals surface area (Å²) in [6.07, 6.45) is 8.48. The van der Waals surface area contributed by atoms with E-state index in [0.29, 0.717) is 17.0 Å². The standard InChI is InChI=1S/C16H18ClNO/c17-14-4-2-1-3-12(14)7-8-16(19)18-15-10-11-5-6-13(15)9-11/h1-4,7-8,11,13,15H,5-6,9-10H2,(H,18,19)/b8-7+. The molecule has 2 fully saturated rings. The van der Waals surface area contributed by atoms with Gasteiger partial charge in [-0.05, 0) is 48.8 Å². The summed E-state index contributed by atoms with van der Waals surface area (Å²) in [5, 5.41) is 3.80. The van der Waals surface area contributed by atoms with Crippen LogP contribution in [-0.4, -0.2) is 11.9 Å². The molecule has 3 heteroatoms. The third-order valence-electron chi connectivity index (χ3n) is 4.39. The fraction of sp³-hybridized carbons (Fsp3) is 0.438. The quantitative estimate of drug-likeness (QED) is 0.838. The number of carbonyl (C=O) groups excluding carboxylic acids is 1. The van der Waals surface area contributed by atoms with Crippen LogP contribution in [0.4, 0.5) is 0 Å². The highest BCUT2D eigenvalue weighted by atomic mass is 35.5. The van der Waals surface area contributed by atoms with E-state index in [-0.39, 0.29) is 5.91 Å². The van der Waals surface area contributed by atoms with Gasteiger partial charge in [-0.3, -0.25) is 4.79 Å². The Bertz CT molecular complexity index is 511. The van der Waals surface area contributed by atoms with Crippen molar-refractivity contribution in [2.75, 3.05) is 0 Å². The lowest BCUT2D eigenvalue weighted by Crippen LogP contribution is -2.37. The second kappa shape index (κ2) is 5.38. The number of hydrogen-bond donors (Lipinski definition) is 1. The molecule has 0 aliphatic heterocycles. The summed E-state index contributed by atoms with van der Waals surface area (Å²) in [5.41, 5.74) is 0.882. The lowest BCUT2D eigenvalue weighted by molar-refractivity contribution is -0.117. The Balaban J connectivity index is 1.58. The van der Waals surface area contributed by atoms with Crippen LogP contribution < -0.4 is 5.32 Å². The molecule has 3 atom stereocenters. The lowest BCUT2D eigenvalue weighted by Gasteiger charge is -2.22. The van der Waals surface area contributed by atoms with E-state index in [9.17, 15) is 4.79 Å². The number of amides is 1. The van der Waals surface area contributed by atoms with Gasteiger partial charge in [0.05, 0.1) is 0 Å². The molecule has 2 saturated carbocycles. The first-order chi connectivity index (χ1) is 9.22. The fourth-order valence-corrected chi connectivity index (χ4v) is 3.63. The zero-order valence-electron chi connectivity index (χ0n) is 10.8. The molecular weight excluding hydrogens is 258 g/mol. The minimum atomic E-state index is -0.00234. The summed E-state index contributed by atoms with van der Waals surface area (Å²) in [6, 6.07) is 7.93. The van der Waals surface area contributed by atoms with E-state index in [1.165, 1.54) is 19.3 Å². The molecule has 3 unspecified atom stereocenters. The van der Waals surface area contributed by atoms with E-state index in [1.54, 1.807) is 12.2 Å². The molecule has 1 aromatic rings. The minimum absolute atomic E-state index is 0.00234. The second-order valence-corrected chi connectivity index (χ2v) is 6.05. The molecular formula is C16H18ClNO. The van der Waals surface area contributed by atoms with Crippen LogP contribution >= 0.6 is 11.6 Å². The van der Waals surface area contributed by atoms with Crippen LogP contribution in [0.15, 0.2) is 30.3 Å². The average Bonchev–Trinajstić information content (AvgIpc) is 3.00. The van der Waals surface area contributed by atoms with Gasteiger partial charge in [0, 0.05) is 17.1 Å². The van der Waals surface area contributed by atoms with Crippen molar-refractivity contribution in [1.29, 1.82) is 0 Å². The van der Waals surface area contributed by atoms with Gasteiger partial charge in [0.1, 0.15) is 0 Å². The number of carbonyl (C=O) groups is 1. The largest absolute Gasteiger partial charge is 0.350 e. The van der Waals surface area contributed by atoms with E-state index in [1.807, 2.05) is 24.3 Å². The maximum absolute atomic E-state index is 11.9. The van der Waals surface area contributed by atoms with Crippen molar-refractivity contribution >= 4 is 23.6 Å². The monoisotopic (exact) mass is 275 g/mol. The summed E-state index contributed by atoms with van der Waals surface area (Å²) in [4.78, 5) is 11.9. The van der Waals surface area contributed by atoms with Crippen molar-refractivity contribution < 1.29 is 4.79 Å². The van der Waals surface area contributed by atoms with Gasteiger partial charge in [0.25, 0.3) is 0 Å². The number of fused-ring (bicyclic) bond motifs is 2. The molecule has 0 radical (unpaired) electrons. The maximum Gasteiger partial charge on any atom is 0.244 e. The van der Waals surface area contributed by atoms with Crippen molar-refractivity contribution in [3.63, 3.8) is 0 Å². The van der Waals surface area contributed by atoms with Crippen molar-refractivity contribution in [2.45, 2.75) is 31.7 Å². The van der Waals surface area contributed by atoms with E-state index in [2.05, 4.69) is 5.32 Å². The van der Waals surface area contributed by atoms with Gasteiger partial charge in [0.15, 0.2) is 0 Å². The Morgan fingerprint density at radius 3 is 2.79 bits per heavy atom. The normalized spacial score (nSPS) is 29.0. The van der Waals surface area contributed by atoms with Crippen LogP contribution in [0.5, 0.6) is 0 Å². The number of rotatable bonds is 3. The maximum atomic E-state index is 11.9. The Hall–Kier alpha value is -1.28. The SMILES string of the molecule is O=C(/C=C/c1ccccc1Cl)NC1CC2CCC1C2. The molecule has 19 heavy (non-hydrogen) atoms. The summed E-state index contributed by atoms with van der Waals surface area (Å²) < 4.78 is 0. The molecule has 1 aromatic carbocycles. The Morgan fingerprint density at radius 2 is 2.11 bits per heavy atom. The molecule has 1 N–H and O–H groups in total. The van der Waals surface area contributed by atoms with E-state index in [4.69, 9.17) is 11.6 Å². The van der Waals surface area contributed by atoms with Crippen LogP contribution in [0, 0.1) is 11.8 Å². The molecule has 0 aromatic heterocycles. The van der Waals surface area contributed by atoms with Crippen molar-refractivity contribution in [3.05, 3.63) is 40.9 Å². The first-order valence-electron chi connectivity index (χ1n) is 6.95. The molecule has 2 bridgehead atoms. The van der Waals surface area contributed by atoms with Crippen LogP contribution in [0.1, 0.15) is 31.2 Å². The number of nitrogens with one attached hydrogen (secondary N) is 1. The predicted octanol–water partition coefficient (Wildman–Crippen LogP) is 3.66. The van der Waals surface area contributed by atoms with Gasteiger partial charge in [-0.2, -0.15) is 0 Å². The average molecular weight is 276 g/mol. The van der Waals surface area contributed by atoms with Crippen LogP contribution in [-0.2, 0) is 4.79 Å². The van der Waals surface area contributed by atoms with Crippen LogP contribution in [0.25, 0.3) is 6.08 Å². The van der Waals surface area contributed by atoms with Crippen LogP contribution in [0.2, 0.25) is 5.02 Å². The van der Waals surface area contributed by atoms with Gasteiger partial charge in [0.2, 0.25) is 5.91 Å². The highest BCUT2D eigenvalue weighted by molar-refractivity contribution is 6.32. The molecule has 0 spiro atoms. The third-order valence-corrected chi connectivity index (χ3v) is 4.73. The highest BCUT2D eigenvalue weighted by Crippen LogP contribution is 2.44. The molecule has 2 aliphatic rings. The van der Waals surface area contributed by atoms with Gasteiger partial charge in [-0.1, -0.05) is 36.2 Å². The summed E-state index contributed by atoms with van der Waals surface area (Å²) in [7, 11) is 0. The number of halogens is 1. The van der Waals surface area contributed by atoms with E-state index >= 15 is 0 Å². The zero-order chi connectivity index (χ0) is 13.2. The number of benzene rings is 1. The van der Waals surface area contributed by atoms with E-state index in [0.717, 1.165) is 17.9 Å². The third kappa shape index (κ3) is 2.84. The summed E-state index contributed by atoms with van der Waals surface area (Å²) in [5.74, 6) is 1.56. The lowest BCUT2D eigenvalue weighted by atomic mass is 9.95. The molecule has 2 aliphatic carbocycles. The van der Waals surface area contributed by atoms with Crippen molar-refractivity contribution in [3.8, 4) is 0 Å². The van der Waals surface area contributed by atoms with E-state index < -0.39 is 0 Å². The Kier molecular flexibility index (Phi) is 3.61. The first kappa shape index (κ1) is 12.7. The molecule has 2 nitrogen and oxygen atoms in total. The highest BCUT2D eigenvalue weighted by Gasteiger charge is 2.39. The summed E-state index contributed by atoms with van der Waals surface area (Å²) >= 11 is 6.05. The second-order valence-electron chi connectivity index (χ2n) is 5.64. The van der Waals surface area contributed by atoms with Gasteiger partial charge in [-0.25, -0.2) is 0 Å². The Morgan fingerprint density at radius 1 is 1.26 bits per heavy atom. The molecule has 100 valence electrons. The summed E-state index contributed by atoms with van der Waals surface area (Å²) in [6.45, 7) is 0. The fourth-order valence-electron chi connectivity index (χ4n) is 3.43. The molecule has 0 saturated heterocycles. The van der Waals surface area contributed by atoms with Crippen molar-refractivity contribution in [2.24, 2.45) is 11.8 Å². The minimum Gasteiger partial charge on any atom is -0.350 e. The Labute approximate surface area is 118 Å². The smallest absolute Gasteiger partial charge is 0.244 e. The first-order valence-corrected chi connectivity index (χ1v) is 7.33. The topological polar surface area (TPSA) is 29.1 Å². The predicted molar refractivity (Wildman–Crippen MR) is 77.9 cm³/mol.